The Morgan fingerprint density at radius 3 is 2.89 bits per heavy atom. The summed E-state index contributed by atoms with van der Waals surface area (Å²) in [6, 6.07) is 5.98. The first kappa shape index (κ1) is 17.8. The number of rotatable bonds is 2. The molecule has 0 aliphatic carbocycles. The van der Waals surface area contributed by atoms with Gasteiger partial charge in [-0.2, -0.15) is 0 Å². The molecule has 0 bridgehead atoms. The van der Waals surface area contributed by atoms with Crippen molar-refractivity contribution in [1.29, 1.82) is 0 Å². The monoisotopic (exact) mass is 431 g/mol. The van der Waals surface area contributed by atoms with Crippen LogP contribution >= 0.6 is 22.7 Å². The first-order chi connectivity index (χ1) is 13.5. The van der Waals surface area contributed by atoms with Gasteiger partial charge in [0.15, 0.2) is 5.84 Å². The van der Waals surface area contributed by atoms with Gasteiger partial charge in [0, 0.05) is 29.0 Å². The molecule has 2 aromatic rings. The van der Waals surface area contributed by atoms with E-state index in [4.69, 9.17) is 0 Å². The van der Waals surface area contributed by atoms with E-state index in [1.54, 1.807) is 45.9 Å². The van der Waals surface area contributed by atoms with Gasteiger partial charge in [-0.15, -0.1) is 27.1 Å². The van der Waals surface area contributed by atoms with Crippen LogP contribution in [0.1, 0.15) is 21.4 Å². The molecule has 5 rings (SSSR count). The van der Waals surface area contributed by atoms with Crippen LogP contribution in [-0.2, 0) is 21.2 Å². The Morgan fingerprint density at radius 2 is 2.07 bits per heavy atom. The molecular formula is C19H17N3O3S3. The number of carbonyl (C=O) groups excluding carboxylic acids is 1. The predicted molar refractivity (Wildman–Crippen MR) is 111 cm³/mol. The molecule has 1 unspecified atom stereocenters. The van der Waals surface area contributed by atoms with E-state index in [2.05, 4.69) is 15.8 Å². The molecule has 144 valence electrons. The number of nitrogens with zero attached hydrogens (tertiary/aromatic N) is 3. The average molecular weight is 432 g/mol. The summed E-state index contributed by atoms with van der Waals surface area (Å²) < 4.78 is 28.0. The van der Waals surface area contributed by atoms with Crippen molar-refractivity contribution in [3.63, 3.8) is 0 Å². The summed E-state index contributed by atoms with van der Waals surface area (Å²) in [7, 11) is -3.54. The first-order valence-corrected chi connectivity index (χ1v) is 12.3. The largest absolute Gasteiger partial charge is 0.331 e. The summed E-state index contributed by atoms with van der Waals surface area (Å²) in [5.41, 5.74) is 1.50. The number of fused-ring (bicyclic) bond motifs is 2. The minimum Gasteiger partial charge on any atom is -0.331 e. The van der Waals surface area contributed by atoms with Crippen LogP contribution in [0.5, 0.6) is 0 Å². The van der Waals surface area contributed by atoms with E-state index >= 15 is 0 Å². The molecule has 0 aromatic carbocycles. The maximum Gasteiger partial charge on any atom is 0.258 e. The molecule has 3 aliphatic rings. The predicted octanol–water partition coefficient (Wildman–Crippen LogP) is 2.78. The molecule has 6 nitrogen and oxygen atoms in total. The third-order valence-electron chi connectivity index (χ3n) is 5.13. The van der Waals surface area contributed by atoms with Gasteiger partial charge in [0.05, 0.1) is 17.4 Å². The summed E-state index contributed by atoms with van der Waals surface area (Å²) in [5, 5.41) is 4.09. The van der Waals surface area contributed by atoms with Crippen molar-refractivity contribution in [3.8, 4) is 0 Å². The third-order valence-corrected chi connectivity index (χ3v) is 8.20. The van der Waals surface area contributed by atoms with Gasteiger partial charge in [0.1, 0.15) is 0 Å². The van der Waals surface area contributed by atoms with Gasteiger partial charge in [-0.3, -0.25) is 4.79 Å². The second kappa shape index (κ2) is 6.68. The highest BCUT2D eigenvalue weighted by molar-refractivity contribution is 7.90. The minimum absolute atomic E-state index is 0.0396. The molecule has 28 heavy (non-hydrogen) atoms. The quantitative estimate of drug-likeness (QED) is 0.733. The van der Waals surface area contributed by atoms with E-state index in [1.165, 1.54) is 4.88 Å². The lowest BCUT2D eigenvalue weighted by Gasteiger charge is -2.37. The topological polar surface area (TPSA) is 70.0 Å². The SMILES string of the molecule is O=C(C1=CC=CN2CCS(=O)(=O)N=C12)N1CCc2sccc2C1c1cccs1. The molecule has 9 heteroatoms. The van der Waals surface area contributed by atoms with Crippen molar-refractivity contribution >= 4 is 44.4 Å². The minimum atomic E-state index is -3.54. The van der Waals surface area contributed by atoms with Crippen molar-refractivity contribution in [2.75, 3.05) is 18.8 Å². The van der Waals surface area contributed by atoms with E-state index in [1.807, 2.05) is 22.4 Å². The Labute approximate surface area is 171 Å². The Bertz CT molecular complexity index is 1130. The van der Waals surface area contributed by atoms with Crippen LogP contribution in [0.25, 0.3) is 0 Å². The Morgan fingerprint density at radius 1 is 1.18 bits per heavy atom. The zero-order chi connectivity index (χ0) is 19.3. The van der Waals surface area contributed by atoms with Crippen molar-refractivity contribution in [3.05, 3.63) is 68.2 Å². The summed E-state index contributed by atoms with van der Waals surface area (Å²) in [5.74, 6) is 0.0162. The van der Waals surface area contributed by atoms with Gasteiger partial charge in [-0.1, -0.05) is 6.07 Å². The Kier molecular flexibility index (Phi) is 4.26. The number of thiophene rings is 2. The first-order valence-electron chi connectivity index (χ1n) is 8.92. The van der Waals surface area contributed by atoms with Crippen molar-refractivity contribution in [2.45, 2.75) is 12.5 Å². The molecule has 2 aromatic heterocycles. The number of hydrogen-bond acceptors (Lipinski definition) is 6. The van der Waals surface area contributed by atoms with Gasteiger partial charge >= 0.3 is 0 Å². The molecule has 1 atom stereocenters. The van der Waals surface area contributed by atoms with Crippen LogP contribution in [0, 0.1) is 0 Å². The Balaban J connectivity index is 1.57. The van der Waals surface area contributed by atoms with Crippen LogP contribution in [-0.4, -0.2) is 48.8 Å². The normalized spacial score (nSPS) is 22.9. The number of allylic oxidation sites excluding steroid dienone is 2. The van der Waals surface area contributed by atoms with E-state index in [9.17, 15) is 13.2 Å². The summed E-state index contributed by atoms with van der Waals surface area (Å²) >= 11 is 3.35. The molecule has 0 saturated heterocycles. The van der Waals surface area contributed by atoms with Crippen molar-refractivity contribution in [2.24, 2.45) is 4.40 Å². The lowest BCUT2D eigenvalue weighted by Crippen LogP contribution is -2.46. The Hall–Kier alpha value is -2.23. The molecule has 0 saturated carbocycles. The fourth-order valence-corrected chi connectivity index (χ4v) is 6.57. The van der Waals surface area contributed by atoms with Crippen LogP contribution in [0.3, 0.4) is 0 Å². The smallest absolute Gasteiger partial charge is 0.258 e. The van der Waals surface area contributed by atoms with Crippen LogP contribution in [0.4, 0.5) is 0 Å². The molecule has 3 aliphatic heterocycles. The van der Waals surface area contributed by atoms with Crippen LogP contribution in [0.15, 0.2) is 57.3 Å². The second-order valence-corrected chi connectivity index (χ2v) is 10.5. The zero-order valence-corrected chi connectivity index (χ0v) is 17.3. The van der Waals surface area contributed by atoms with Crippen molar-refractivity contribution < 1.29 is 13.2 Å². The number of amidine groups is 1. The number of hydrogen-bond donors (Lipinski definition) is 0. The highest BCUT2D eigenvalue weighted by atomic mass is 32.2. The molecule has 0 radical (unpaired) electrons. The van der Waals surface area contributed by atoms with E-state index in [-0.39, 0.29) is 23.5 Å². The van der Waals surface area contributed by atoms with Gasteiger partial charge in [-0.25, -0.2) is 8.42 Å². The standard InChI is InChI=1S/C19H17N3O3S3/c23-19(14-3-1-7-21-9-12-28(24,25)20-18(14)21)22-8-5-15-13(6-11-27-15)17(22)16-4-2-10-26-16/h1-4,6-7,10-11,17H,5,8-9,12H2. The molecule has 0 fully saturated rings. The van der Waals surface area contributed by atoms with Crippen LogP contribution < -0.4 is 0 Å². The molecule has 5 heterocycles. The average Bonchev–Trinajstić information content (AvgIpc) is 3.37. The fraction of sp³-hybridized carbons (Fsp3) is 0.263. The third kappa shape index (κ3) is 2.94. The lowest BCUT2D eigenvalue weighted by atomic mass is 9.97. The second-order valence-electron chi connectivity index (χ2n) is 6.78. The van der Waals surface area contributed by atoms with Gasteiger partial charge in [0.25, 0.3) is 15.9 Å². The van der Waals surface area contributed by atoms with Crippen LogP contribution in [0.2, 0.25) is 0 Å². The summed E-state index contributed by atoms with van der Waals surface area (Å²) in [4.78, 5) is 19.6. The number of carbonyl (C=O) groups is 1. The molecular weight excluding hydrogens is 414 g/mol. The lowest BCUT2D eigenvalue weighted by molar-refractivity contribution is -0.128. The van der Waals surface area contributed by atoms with E-state index in [0.717, 1.165) is 16.9 Å². The molecule has 0 N–H and O–H groups in total. The van der Waals surface area contributed by atoms with Gasteiger partial charge < -0.3 is 9.80 Å². The van der Waals surface area contributed by atoms with Gasteiger partial charge in [-0.05, 0) is 47.0 Å². The molecule has 0 spiro atoms. The highest BCUT2D eigenvalue weighted by Gasteiger charge is 2.38. The summed E-state index contributed by atoms with van der Waals surface area (Å²) in [6.45, 7) is 0.904. The zero-order valence-electron chi connectivity index (χ0n) is 14.8. The van der Waals surface area contributed by atoms with E-state index < -0.39 is 10.0 Å². The van der Waals surface area contributed by atoms with Crippen molar-refractivity contribution in [1.82, 2.24) is 9.80 Å². The maximum absolute atomic E-state index is 13.6. The fourth-order valence-electron chi connectivity index (χ4n) is 3.83. The molecule has 1 amide bonds. The van der Waals surface area contributed by atoms with E-state index in [0.29, 0.717) is 18.7 Å². The number of sulfonamides is 1. The summed E-state index contributed by atoms with van der Waals surface area (Å²) in [6.07, 6.45) is 6.03. The number of amides is 1. The maximum atomic E-state index is 13.6. The highest BCUT2D eigenvalue weighted by Crippen LogP contribution is 2.40. The van der Waals surface area contributed by atoms with Gasteiger partial charge in [0.2, 0.25) is 0 Å².